The Morgan fingerprint density at radius 2 is 2.07 bits per heavy atom. The average molecular weight is 201 g/mol. The summed E-state index contributed by atoms with van der Waals surface area (Å²) in [5, 5.41) is 12.4. The van der Waals surface area contributed by atoms with Gasteiger partial charge in [-0.05, 0) is 12.6 Å². The van der Waals surface area contributed by atoms with Crippen molar-refractivity contribution in [2.45, 2.75) is 12.1 Å². The topological polar surface area (TPSA) is 39.1 Å². The quantitative estimate of drug-likeness (QED) is 0.797. The predicted octanol–water partition coefficient (Wildman–Crippen LogP) is 1.15. The van der Waals surface area contributed by atoms with Crippen molar-refractivity contribution in [1.29, 1.82) is 5.26 Å². The minimum Gasteiger partial charge on any atom is -0.315 e. The van der Waals surface area contributed by atoms with Crippen LogP contribution in [-0.2, 0) is 0 Å². The van der Waals surface area contributed by atoms with Gasteiger partial charge in [-0.25, -0.2) is 0 Å². The van der Waals surface area contributed by atoms with Crippen LogP contribution in [0.1, 0.15) is 11.6 Å². The molecule has 1 aromatic carbocycles. The Kier molecular flexibility index (Phi) is 3.00. The molecule has 0 bridgehead atoms. The SMILES string of the molecule is CNC1CN([C@@H](C#N)c2ccccc2)C1. The van der Waals surface area contributed by atoms with Crippen molar-refractivity contribution in [3.63, 3.8) is 0 Å². The van der Waals surface area contributed by atoms with E-state index in [-0.39, 0.29) is 6.04 Å². The fraction of sp³-hybridized carbons (Fsp3) is 0.417. The van der Waals surface area contributed by atoms with Crippen LogP contribution in [-0.4, -0.2) is 31.1 Å². The summed E-state index contributed by atoms with van der Waals surface area (Å²) < 4.78 is 0. The van der Waals surface area contributed by atoms with Gasteiger partial charge in [0.05, 0.1) is 6.07 Å². The molecule has 0 aromatic heterocycles. The van der Waals surface area contributed by atoms with Crippen LogP contribution >= 0.6 is 0 Å². The zero-order chi connectivity index (χ0) is 10.7. The third-order valence-corrected chi connectivity index (χ3v) is 2.92. The van der Waals surface area contributed by atoms with Crippen LogP contribution in [0.5, 0.6) is 0 Å². The number of nitrogens with zero attached hydrogens (tertiary/aromatic N) is 2. The number of hydrogen-bond acceptors (Lipinski definition) is 3. The van der Waals surface area contributed by atoms with Crippen LogP contribution in [0.3, 0.4) is 0 Å². The Morgan fingerprint density at radius 1 is 1.40 bits per heavy atom. The summed E-state index contributed by atoms with van der Waals surface area (Å²) in [6.45, 7) is 1.92. The van der Waals surface area contributed by atoms with Gasteiger partial charge in [0.25, 0.3) is 0 Å². The fourth-order valence-corrected chi connectivity index (χ4v) is 1.91. The van der Waals surface area contributed by atoms with Crippen LogP contribution in [0, 0.1) is 11.3 Å². The number of likely N-dealkylation sites (N-methyl/N-ethyl adjacent to an activating group) is 1. The van der Waals surface area contributed by atoms with Crippen LogP contribution < -0.4 is 5.32 Å². The van der Waals surface area contributed by atoms with E-state index in [0.717, 1.165) is 18.7 Å². The zero-order valence-corrected chi connectivity index (χ0v) is 8.85. The molecule has 0 radical (unpaired) electrons. The minimum absolute atomic E-state index is 0.0872. The molecule has 15 heavy (non-hydrogen) atoms. The van der Waals surface area contributed by atoms with Gasteiger partial charge in [-0.15, -0.1) is 0 Å². The molecule has 1 atom stereocenters. The molecule has 1 aromatic rings. The zero-order valence-electron chi connectivity index (χ0n) is 8.85. The molecule has 2 rings (SSSR count). The molecule has 1 aliphatic rings. The first kappa shape index (κ1) is 10.2. The number of benzene rings is 1. The maximum atomic E-state index is 9.16. The molecule has 1 aliphatic heterocycles. The summed E-state index contributed by atoms with van der Waals surface area (Å²) in [5.41, 5.74) is 1.09. The number of nitrogens with one attached hydrogen (secondary N) is 1. The van der Waals surface area contributed by atoms with E-state index in [1.54, 1.807) is 0 Å². The fourth-order valence-electron chi connectivity index (χ4n) is 1.91. The first-order valence-electron chi connectivity index (χ1n) is 5.21. The van der Waals surface area contributed by atoms with E-state index in [2.05, 4.69) is 16.3 Å². The summed E-state index contributed by atoms with van der Waals surface area (Å²) in [5.74, 6) is 0. The van der Waals surface area contributed by atoms with E-state index in [4.69, 9.17) is 5.26 Å². The van der Waals surface area contributed by atoms with Gasteiger partial charge in [-0.3, -0.25) is 4.90 Å². The predicted molar refractivity (Wildman–Crippen MR) is 59.2 cm³/mol. The lowest BCUT2D eigenvalue weighted by atomic mass is 10.0. The lowest BCUT2D eigenvalue weighted by molar-refractivity contribution is 0.104. The third kappa shape index (κ3) is 2.01. The summed E-state index contributed by atoms with van der Waals surface area (Å²) in [6.07, 6.45) is 0. The molecule has 78 valence electrons. The van der Waals surface area contributed by atoms with Gasteiger partial charge in [0.1, 0.15) is 6.04 Å². The maximum Gasteiger partial charge on any atom is 0.123 e. The molecule has 3 heteroatoms. The number of hydrogen-bond donors (Lipinski definition) is 1. The highest BCUT2D eigenvalue weighted by Crippen LogP contribution is 2.24. The van der Waals surface area contributed by atoms with Crippen LogP contribution in [0.2, 0.25) is 0 Å². The molecule has 0 unspecified atom stereocenters. The first-order valence-corrected chi connectivity index (χ1v) is 5.21. The molecule has 1 N–H and O–H groups in total. The summed E-state index contributed by atoms with van der Waals surface area (Å²) in [6, 6.07) is 12.8. The van der Waals surface area contributed by atoms with Crippen LogP contribution in [0.15, 0.2) is 30.3 Å². The second-order valence-corrected chi connectivity index (χ2v) is 3.88. The minimum atomic E-state index is -0.0872. The van der Waals surface area contributed by atoms with Crippen molar-refractivity contribution in [2.75, 3.05) is 20.1 Å². The van der Waals surface area contributed by atoms with Crippen LogP contribution in [0.4, 0.5) is 0 Å². The standard InChI is InChI=1S/C12H15N3/c1-14-11-8-15(9-11)12(7-13)10-5-3-2-4-6-10/h2-6,11-12,14H,8-9H2,1H3/t12-/m0/s1. The summed E-state index contributed by atoms with van der Waals surface area (Å²) in [4.78, 5) is 2.19. The van der Waals surface area contributed by atoms with Gasteiger partial charge in [0, 0.05) is 19.1 Å². The van der Waals surface area contributed by atoms with E-state index < -0.39 is 0 Å². The Hall–Kier alpha value is -1.37. The second kappa shape index (κ2) is 4.43. The second-order valence-electron chi connectivity index (χ2n) is 3.88. The van der Waals surface area contributed by atoms with E-state index >= 15 is 0 Å². The Bertz CT molecular complexity index is 349. The highest BCUT2D eigenvalue weighted by Gasteiger charge is 2.31. The molecule has 1 saturated heterocycles. The maximum absolute atomic E-state index is 9.16. The van der Waals surface area contributed by atoms with Gasteiger partial charge in [0.2, 0.25) is 0 Å². The van der Waals surface area contributed by atoms with Gasteiger partial charge in [-0.1, -0.05) is 30.3 Å². The van der Waals surface area contributed by atoms with E-state index in [1.807, 2.05) is 37.4 Å². The lowest BCUT2D eigenvalue weighted by Gasteiger charge is -2.41. The van der Waals surface area contributed by atoms with Crippen molar-refractivity contribution in [1.82, 2.24) is 10.2 Å². The monoisotopic (exact) mass is 201 g/mol. The number of nitriles is 1. The largest absolute Gasteiger partial charge is 0.315 e. The molecule has 0 amide bonds. The molecule has 0 spiro atoms. The highest BCUT2D eigenvalue weighted by atomic mass is 15.3. The van der Waals surface area contributed by atoms with Gasteiger partial charge in [-0.2, -0.15) is 5.26 Å². The molecule has 3 nitrogen and oxygen atoms in total. The smallest absolute Gasteiger partial charge is 0.123 e. The van der Waals surface area contributed by atoms with Gasteiger partial charge < -0.3 is 5.32 Å². The third-order valence-electron chi connectivity index (χ3n) is 2.92. The normalized spacial score (nSPS) is 19.2. The number of likely N-dealkylation sites (tertiary alicyclic amines) is 1. The Labute approximate surface area is 90.3 Å². The Morgan fingerprint density at radius 3 is 2.60 bits per heavy atom. The molecule has 0 aliphatic carbocycles. The van der Waals surface area contributed by atoms with Crippen molar-refractivity contribution in [3.05, 3.63) is 35.9 Å². The van der Waals surface area contributed by atoms with Gasteiger partial charge >= 0.3 is 0 Å². The molecule has 0 saturated carbocycles. The Balaban J connectivity index is 2.04. The average Bonchev–Trinajstić information content (AvgIpc) is 2.24. The van der Waals surface area contributed by atoms with Crippen molar-refractivity contribution < 1.29 is 0 Å². The van der Waals surface area contributed by atoms with Crippen molar-refractivity contribution >= 4 is 0 Å². The van der Waals surface area contributed by atoms with Crippen molar-refractivity contribution in [3.8, 4) is 6.07 Å². The molecule has 1 heterocycles. The first-order chi connectivity index (χ1) is 7.35. The van der Waals surface area contributed by atoms with E-state index in [0.29, 0.717) is 6.04 Å². The van der Waals surface area contributed by atoms with E-state index in [1.165, 1.54) is 0 Å². The van der Waals surface area contributed by atoms with Crippen molar-refractivity contribution in [2.24, 2.45) is 0 Å². The lowest BCUT2D eigenvalue weighted by Crippen LogP contribution is -2.57. The molecular formula is C12H15N3. The number of rotatable bonds is 3. The van der Waals surface area contributed by atoms with Crippen LogP contribution in [0.25, 0.3) is 0 Å². The summed E-state index contributed by atoms with van der Waals surface area (Å²) >= 11 is 0. The molecule has 1 fully saturated rings. The summed E-state index contributed by atoms with van der Waals surface area (Å²) in [7, 11) is 1.96. The molecular weight excluding hydrogens is 186 g/mol. The van der Waals surface area contributed by atoms with E-state index in [9.17, 15) is 0 Å². The van der Waals surface area contributed by atoms with Gasteiger partial charge in [0.15, 0.2) is 0 Å². The highest BCUT2D eigenvalue weighted by molar-refractivity contribution is 5.25.